The maximum atomic E-state index is 5.93. The number of rotatable bonds is 1. The van der Waals surface area contributed by atoms with Crippen molar-refractivity contribution in [2.24, 2.45) is 11.8 Å². The van der Waals surface area contributed by atoms with Crippen LogP contribution in [0.3, 0.4) is 0 Å². The van der Waals surface area contributed by atoms with E-state index in [4.69, 9.17) is 5.73 Å². The van der Waals surface area contributed by atoms with Crippen LogP contribution in [0.15, 0.2) is 18.3 Å². The number of hydrogen-bond donors (Lipinski definition) is 1. The second kappa shape index (κ2) is 4.09. The lowest BCUT2D eigenvalue weighted by molar-refractivity contribution is 0.323. The number of piperidine rings is 1. The molecule has 0 spiro atoms. The average Bonchev–Trinajstić information content (AvgIpc) is 2.23. The molecule has 1 aliphatic rings. The third-order valence-corrected chi connectivity index (χ3v) is 3.45. The summed E-state index contributed by atoms with van der Waals surface area (Å²) in [4.78, 5) is 6.67. The third-order valence-electron chi connectivity index (χ3n) is 3.45. The van der Waals surface area contributed by atoms with Crippen LogP contribution in [-0.4, -0.2) is 18.1 Å². The molecule has 1 fully saturated rings. The molecule has 3 nitrogen and oxygen atoms in total. The van der Waals surface area contributed by atoms with Crippen molar-refractivity contribution in [3.63, 3.8) is 0 Å². The van der Waals surface area contributed by atoms with Crippen LogP contribution in [0.25, 0.3) is 0 Å². The van der Waals surface area contributed by atoms with Crippen LogP contribution in [0.2, 0.25) is 0 Å². The summed E-state index contributed by atoms with van der Waals surface area (Å²) in [5, 5.41) is 0. The van der Waals surface area contributed by atoms with Gasteiger partial charge in [-0.3, -0.25) is 0 Å². The molecule has 1 aromatic rings. The molecule has 0 aromatic carbocycles. The summed E-state index contributed by atoms with van der Waals surface area (Å²) >= 11 is 0. The summed E-state index contributed by atoms with van der Waals surface area (Å²) in [5.74, 6) is 2.49. The van der Waals surface area contributed by atoms with Crippen molar-refractivity contribution in [1.29, 1.82) is 0 Å². The van der Waals surface area contributed by atoms with Crippen LogP contribution < -0.4 is 10.6 Å². The molecule has 15 heavy (non-hydrogen) atoms. The molecule has 2 heterocycles. The molecule has 2 rings (SSSR count). The zero-order chi connectivity index (χ0) is 10.8. The van der Waals surface area contributed by atoms with E-state index in [0.717, 1.165) is 36.4 Å². The van der Waals surface area contributed by atoms with E-state index in [0.29, 0.717) is 0 Å². The molecule has 2 atom stereocenters. The molecule has 0 bridgehead atoms. The Morgan fingerprint density at radius 3 is 2.87 bits per heavy atom. The number of aromatic nitrogens is 1. The predicted octanol–water partition coefficient (Wildman–Crippen LogP) is 2.15. The summed E-state index contributed by atoms with van der Waals surface area (Å²) < 4.78 is 0. The van der Waals surface area contributed by atoms with E-state index >= 15 is 0 Å². The molecule has 1 aromatic heterocycles. The van der Waals surface area contributed by atoms with Gasteiger partial charge in [0.25, 0.3) is 0 Å². The van der Waals surface area contributed by atoms with Gasteiger partial charge in [0.05, 0.1) is 5.69 Å². The quantitative estimate of drug-likeness (QED) is 0.763. The maximum Gasteiger partial charge on any atom is 0.151 e. The monoisotopic (exact) mass is 205 g/mol. The van der Waals surface area contributed by atoms with Gasteiger partial charge in [0.1, 0.15) is 0 Å². The van der Waals surface area contributed by atoms with Gasteiger partial charge in [-0.2, -0.15) is 0 Å². The van der Waals surface area contributed by atoms with Crippen LogP contribution in [-0.2, 0) is 0 Å². The Morgan fingerprint density at radius 2 is 2.20 bits per heavy atom. The van der Waals surface area contributed by atoms with Crippen molar-refractivity contribution >= 4 is 11.5 Å². The molecule has 0 saturated carbocycles. The minimum Gasteiger partial charge on any atom is -0.396 e. The topological polar surface area (TPSA) is 42.2 Å². The van der Waals surface area contributed by atoms with E-state index in [9.17, 15) is 0 Å². The molecule has 0 radical (unpaired) electrons. The standard InChI is InChI=1S/C12H19N3/c1-9-5-7-15(8-10(9)2)12-11(13)4-3-6-14-12/h3-4,6,9-10H,5,7-8,13H2,1-2H3. The summed E-state index contributed by atoms with van der Waals surface area (Å²) in [7, 11) is 0. The number of anilines is 2. The van der Waals surface area contributed by atoms with Crippen molar-refractivity contribution in [1.82, 2.24) is 4.98 Å². The lowest BCUT2D eigenvalue weighted by atomic mass is 9.89. The lowest BCUT2D eigenvalue weighted by Crippen LogP contribution is -2.39. The fraction of sp³-hybridized carbons (Fsp3) is 0.583. The summed E-state index contributed by atoms with van der Waals surface area (Å²) in [6.45, 7) is 6.77. The fourth-order valence-corrected chi connectivity index (χ4v) is 2.13. The molecule has 0 aliphatic carbocycles. The van der Waals surface area contributed by atoms with Gasteiger partial charge in [0.2, 0.25) is 0 Å². The highest BCUT2D eigenvalue weighted by molar-refractivity contribution is 5.62. The van der Waals surface area contributed by atoms with Crippen LogP contribution in [0.1, 0.15) is 20.3 Å². The second-order valence-electron chi connectivity index (χ2n) is 4.61. The normalized spacial score (nSPS) is 26.7. The Bertz CT molecular complexity index is 337. The van der Waals surface area contributed by atoms with Gasteiger partial charge in [0.15, 0.2) is 5.82 Å². The number of nitrogens with two attached hydrogens (primary N) is 1. The SMILES string of the molecule is CC1CCN(c2ncccc2N)CC1C. The van der Waals surface area contributed by atoms with Gasteiger partial charge in [-0.15, -0.1) is 0 Å². The van der Waals surface area contributed by atoms with Crippen LogP contribution in [0, 0.1) is 11.8 Å². The molecule has 82 valence electrons. The molecule has 0 amide bonds. The Labute approximate surface area is 91.3 Å². The van der Waals surface area contributed by atoms with Crippen molar-refractivity contribution in [2.45, 2.75) is 20.3 Å². The first-order valence-corrected chi connectivity index (χ1v) is 5.64. The lowest BCUT2D eigenvalue weighted by Gasteiger charge is -2.36. The van der Waals surface area contributed by atoms with Crippen molar-refractivity contribution < 1.29 is 0 Å². The first kappa shape index (κ1) is 10.3. The first-order chi connectivity index (χ1) is 7.18. The molecule has 3 heteroatoms. The van der Waals surface area contributed by atoms with E-state index in [1.165, 1.54) is 6.42 Å². The Balaban J connectivity index is 2.15. The van der Waals surface area contributed by atoms with Crippen molar-refractivity contribution in [2.75, 3.05) is 23.7 Å². The summed E-state index contributed by atoms with van der Waals surface area (Å²) in [5.41, 5.74) is 6.72. The molecule has 1 saturated heterocycles. The summed E-state index contributed by atoms with van der Waals surface area (Å²) in [6, 6.07) is 3.81. The third kappa shape index (κ3) is 2.06. The Kier molecular flexibility index (Phi) is 2.80. The highest BCUT2D eigenvalue weighted by atomic mass is 15.2. The van der Waals surface area contributed by atoms with Crippen molar-refractivity contribution in [3.05, 3.63) is 18.3 Å². The highest BCUT2D eigenvalue weighted by Crippen LogP contribution is 2.28. The zero-order valence-corrected chi connectivity index (χ0v) is 9.48. The number of pyridine rings is 1. The molecular formula is C12H19N3. The largest absolute Gasteiger partial charge is 0.396 e. The predicted molar refractivity (Wildman–Crippen MR) is 63.8 cm³/mol. The van der Waals surface area contributed by atoms with Gasteiger partial charge in [-0.05, 0) is 30.4 Å². The maximum absolute atomic E-state index is 5.93. The number of nitrogens with zero attached hydrogens (tertiary/aromatic N) is 2. The minimum absolute atomic E-state index is 0.722. The van der Waals surface area contributed by atoms with Gasteiger partial charge in [-0.1, -0.05) is 13.8 Å². The van der Waals surface area contributed by atoms with E-state index in [1.807, 2.05) is 18.3 Å². The smallest absolute Gasteiger partial charge is 0.151 e. The molecular weight excluding hydrogens is 186 g/mol. The zero-order valence-electron chi connectivity index (χ0n) is 9.48. The number of nitrogen functional groups attached to an aromatic ring is 1. The Hall–Kier alpha value is -1.25. The number of hydrogen-bond acceptors (Lipinski definition) is 3. The van der Waals surface area contributed by atoms with Crippen LogP contribution in [0.4, 0.5) is 11.5 Å². The molecule has 2 N–H and O–H groups in total. The minimum atomic E-state index is 0.722. The Morgan fingerprint density at radius 1 is 1.40 bits per heavy atom. The van der Waals surface area contributed by atoms with Gasteiger partial charge >= 0.3 is 0 Å². The van der Waals surface area contributed by atoms with Crippen LogP contribution >= 0.6 is 0 Å². The van der Waals surface area contributed by atoms with E-state index in [-0.39, 0.29) is 0 Å². The molecule has 1 aliphatic heterocycles. The fourth-order valence-electron chi connectivity index (χ4n) is 2.13. The molecule has 2 unspecified atom stereocenters. The van der Waals surface area contributed by atoms with Crippen LogP contribution in [0.5, 0.6) is 0 Å². The average molecular weight is 205 g/mol. The second-order valence-corrected chi connectivity index (χ2v) is 4.61. The van der Waals surface area contributed by atoms with E-state index < -0.39 is 0 Å². The van der Waals surface area contributed by atoms with Gasteiger partial charge in [0, 0.05) is 19.3 Å². The summed E-state index contributed by atoms with van der Waals surface area (Å²) in [6.07, 6.45) is 3.05. The highest BCUT2D eigenvalue weighted by Gasteiger charge is 2.24. The van der Waals surface area contributed by atoms with E-state index in [2.05, 4.69) is 23.7 Å². The van der Waals surface area contributed by atoms with Gasteiger partial charge in [-0.25, -0.2) is 4.98 Å². The van der Waals surface area contributed by atoms with Gasteiger partial charge < -0.3 is 10.6 Å². The van der Waals surface area contributed by atoms with E-state index in [1.54, 1.807) is 0 Å². The van der Waals surface area contributed by atoms with Crippen molar-refractivity contribution in [3.8, 4) is 0 Å². The first-order valence-electron chi connectivity index (χ1n) is 5.64.